The molecule has 0 unspecified atom stereocenters. The van der Waals surface area contributed by atoms with E-state index < -0.39 is 40.5 Å². The Morgan fingerprint density at radius 1 is 1.14 bits per heavy atom. The second-order valence-electron chi connectivity index (χ2n) is 5.68. The molecular formula is C16H12F4N4O3S. The largest absolute Gasteiger partial charge is 0.415 e. The van der Waals surface area contributed by atoms with Crippen LogP contribution in [0.2, 0.25) is 0 Å². The lowest BCUT2D eigenvalue weighted by molar-refractivity contribution is 0.116. The number of benzene rings is 1. The van der Waals surface area contributed by atoms with E-state index in [4.69, 9.17) is 4.42 Å². The Hall–Kier alpha value is -3.02. The molecule has 12 heteroatoms. The number of halogens is 4. The van der Waals surface area contributed by atoms with Crippen molar-refractivity contribution in [3.63, 3.8) is 0 Å². The van der Waals surface area contributed by atoms with Gasteiger partial charge < -0.3 is 4.42 Å². The minimum absolute atomic E-state index is 0.0407. The van der Waals surface area contributed by atoms with Crippen LogP contribution in [0.25, 0.3) is 11.5 Å². The van der Waals surface area contributed by atoms with E-state index in [-0.39, 0.29) is 22.7 Å². The second kappa shape index (κ2) is 7.54. The number of pyridine rings is 1. The zero-order valence-corrected chi connectivity index (χ0v) is 15.0. The molecule has 0 saturated heterocycles. The monoisotopic (exact) mass is 416 g/mol. The first-order chi connectivity index (χ1) is 13.1. The summed E-state index contributed by atoms with van der Waals surface area (Å²) in [4.78, 5) is 3.59. The van der Waals surface area contributed by atoms with E-state index in [1.165, 1.54) is 12.1 Å². The number of sulfonamides is 1. The van der Waals surface area contributed by atoms with Gasteiger partial charge in [-0.25, -0.2) is 17.2 Å². The molecule has 7 nitrogen and oxygen atoms in total. The molecular weight excluding hydrogens is 404 g/mol. The van der Waals surface area contributed by atoms with E-state index >= 15 is 0 Å². The molecule has 28 heavy (non-hydrogen) atoms. The average molecular weight is 416 g/mol. The standard InChI is InChI=1S/C16H12F4N4O3S/c1-28(25,26)24(12-5-11(17)6-21-7-12)8-10-3-2-9(4-13(10)18)15-22-23-16(27-15)14(19)20/h2-7,14H,8H2,1H3. The van der Waals surface area contributed by atoms with Crippen molar-refractivity contribution < 1.29 is 30.4 Å². The molecule has 0 saturated carbocycles. The van der Waals surface area contributed by atoms with Gasteiger partial charge in [0.1, 0.15) is 11.6 Å². The molecule has 1 aromatic carbocycles. The van der Waals surface area contributed by atoms with Crippen molar-refractivity contribution in [2.24, 2.45) is 0 Å². The highest BCUT2D eigenvalue weighted by Crippen LogP contribution is 2.26. The van der Waals surface area contributed by atoms with Crippen molar-refractivity contribution in [1.82, 2.24) is 15.2 Å². The molecule has 0 atom stereocenters. The lowest BCUT2D eigenvalue weighted by Crippen LogP contribution is -2.29. The highest BCUT2D eigenvalue weighted by Gasteiger charge is 2.22. The minimum Gasteiger partial charge on any atom is -0.415 e. The number of hydrogen-bond acceptors (Lipinski definition) is 6. The first-order valence-corrected chi connectivity index (χ1v) is 9.48. The van der Waals surface area contributed by atoms with Crippen LogP contribution < -0.4 is 4.31 Å². The van der Waals surface area contributed by atoms with Gasteiger partial charge in [-0.1, -0.05) is 6.07 Å². The van der Waals surface area contributed by atoms with Crippen molar-refractivity contribution in [2.45, 2.75) is 13.0 Å². The Labute approximate surface area is 156 Å². The Morgan fingerprint density at radius 2 is 1.89 bits per heavy atom. The van der Waals surface area contributed by atoms with Gasteiger partial charge in [-0.2, -0.15) is 8.78 Å². The Balaban J connectivity index is 1.92. The Bertz CT molecular complexity index is 1100. The fourth-order valence-electron chi connectivity index (χ4n) is 2.34. The summed E-state index contributed by atoms with van der Waals surface area (Å²) in [5.41, 5.74) is -0.0875. The third kappa shape index (κ3) is 4.27. The third-order valence-electron chi connectivity index (χ3n) is 3.62. The van der Waals surface area contributed by atoms with E-state index in [1.54, 1.807) is 0 Å². The number of aromatic nitrogens is 3. The predicted octanol–water partition coefficient (Wildman–Crippen LogP) is 3.31. The highest BCUT2D eigenvalue weighted by molar-refractivity contribution is 7.92. The summed E-state index contributed by atoms with van der Waals surface area (Å²) in [6.07, 6.45) is -0.0550. The van der Waals surface area contributed by atoms with Crippen LogP contribution in [0.15, 0.2) is 41.1 Å². The fourth-order valence-corrected chi connectivity index (χ4v) is 3.20. The van der Waals surface area contributed by atoms with E-state index in [2.05, 4.69) is 15.2 Å². The summed E-state index contributed by atoms with van der Waals surface area (Å²) in [5.74, 6) is -2.81. The normalized spacial score (nSPS) is 11.8. The Morgan fingerprint density at radius 3 is 2.46 bits per heavy atom. The maximum absolute atomic E-state index is 14.5. The van der Waals surface area contributed by atoms with Crippen LogP contribution in [0.3, 0.4) is 0 Å². The predicted molar refractivity (Wildman–Crippen MR) is 89.9 cm³/mol. The van der Waals surface area contributed by atoms with Crippen molar-refractivity contribution in [1.29, 1.82) is 0 Å². The quantitative estimate of drug-likeness (QED) is 0.573. The van der Waals surface area contributed by atoms with Crippen LogP contribution in [0.1, 0.15) is 17.9 Å². The maximum atomic E-state index is 14.5. The van der Waals surface area contributed by atoms with Gasteiger partial charge in [-0.15, -0.1) is 10.2 Å². The number of anilines is 1. The van der Waals surface area contributed by atoms with Gasteiger partial charge in [0.05, 0.1) is 30.9 Å². The van der Waals surface area contributed by atoms with Crippen molar-refractivity contribution in [3.8, 4) is 11.5 Å². The summed E-state index contributed by atoms with van der Waals surface area (Å²) < 4.78 is 82.6. The first kappa shape index (κ1) is 19.7. The highest BCUT2D eigenvalue weighted by atomic mass is 32.2. The molecule has 0 aliphatic heterocycles. The van der Waals surface area contributed by atoms with Gasteiger partial charge in [0.2, 0.25) is 15.9 Å². The zero-order valence-electron chi connectivity index (χ0n) is 14.2. The number of hydrogen-bond donors (Lipinski definition) is 0. The van der Waals surface area contributed by atoms with Crippen LogP contribution in [0.5, 0.6) is 0 Å². The van der Waals surface area contributed by atoms with Gasteiger partial charge >= 0.3 is 6.43 Å². The molecule has 2 heterocycles. The van der Waals surface area contributed by atoms with Gasteiger partial charge in [-0.05, 0) is 12.1 Å². The van der Waals surface area contributed by atoms with Crippen molar-refractivity contribution in [2.75, 3.05) is 10.6 Å². The summed E-state index contributed by atoms with van der Waals surface area (Å²) in [6, 6.07) is 4.44. The first-order valence-electron chi connectivity index (χ1n) is 7.64. The van der Waals surface area contributed by atoms with E-state index in [0.717, 1.165) is 35.1 Å². The Kier molecular flexibility index (Phi) is 5.31. The van der Waals surface area contributed by atoms with E-state index in [1.807, 2.05) is 0 Å². The maximum Gasteiger partial charge on any atom is 0.314 e. The van der Waals surface area contributed by atoms with Gasteiger partial charge in [0.15, 0.2) is 0 Å². The number of alkyl halides is 2. The van der Waals surface area contributed by atoms with Crippen LogP contribution in [-0.2, 0) is 16.6 Å². The molecule has 0 aliphatic carbocycles. The summed E-state index contributed by atoms with van der Waals surface area (Å²) in [7, 11) is -3.88. The van der Waals surface area contributed by atoms with E-state index in [9.17, 15) is 26.0 Å². The van der Waals surface area contributed by atoms with Crippen molar-refractivity contribution >= 4 is 15.7 Å². The minimum atomic E-state index is -3.88. The topological polar surface area (TPSA) is 89.2 Å². The fraction of sp³-hybridized carbons (Fsp3) is 0.188. The molecule has 0 fully saturated rings. The molecule has 0 N–H and O–H groups in total. The second-order valence-corrected chi connectivity index (χ2v) is 7.59. The smallest absolute Gasteiger partial charge is 0.314 e. The molecule has 0 aliphatic rings. The molecule has 0 spiro atoms. The SMILES string of the molecule is CS(=O)(=O)N(Cc1ccc(-c2nnc(C(F)F)o2)cc1F)c1cncc(F)c1. The summed E-state index contributed by atoms with van der Waals surface area (Å²) in [5, 5.41) is 6.57. The molecule has 3 aromatic rings. The zero-order chi connectivity index (χ0) is 20.5. The summed E-state index contributed by atoms with van der Waals surface area (Å²) in [6.45, 7) is -0.442. The number of nitrogens with zero attached hydrogens (tertiary/aromatic N) is 4. The third-order valence-corrected chi connectivity index (χ3v) is 4.76. The molecule has 3 rings (SSSR count). The van der Waals surface area contributed by atoms with Crippen LogP contribution in [0.4, 0.5) is 23.2 Å². The van der Waals surface area contributed by atoms with Gasteiger partial charge in [-0.3, -0.25) is 9.29 Å². The van der Waals surface area contributed by atoms with Crippen LogP contribution >= 0.6 is 0 Å². The van der Waals surface area contributed by atoms with Crippen LogP contribution in [0, 0.1) is 11.6 Å². The lowest BCUT2D eigenvalue weighted by atomic mass is 10.1. The lowest BCUT2D eigenvalue weighted by Gasteiger charge is -2.22. The van der Waals surface area contributed by atoms with E-state index in [0.29, 0.717) is 0 Å². The van der Waals surface area contributed by atoms with Gasteiger partial charge in [0.25, 0.3) is 5.89 Å². The van der Waals surface area contributed by atoms with Gasteiger partial charge in [0, 0.05) is 17.2 Å². The molecule has 2 aromatic heterocycles. The number of rotatable bonds is 6. The average Bonchev–Trinajstić information content (AvgIpc) is 3.10. The summed E-state index contributed by atoms with van der Waals surface area (Å²) >= 11 is 0. The van der Waals surface area contributed by atoms with Crippen molar-refractivity contribution in [3.05, 3.63) is 59.7 Å². The van der Waals surface area contributed by atoms with Crippen LogP contribution in [-0.4, -0.2) is 29.9 Å². The molecule has 0 amide bonds. The molecule has 0 bridgehead atoms. The molecule has 0 radical (unpaired) electrons. The molecule has 148 valence electrons.